The smallest absolute Gasteiger partial charge is 0.398 e. The fourth-order valence-corrected chi connectivity index (χ4v) is 1.84. The van der Waals surface area contributed by atoms with Crippen LogP contribution in [0, 0.1) is 11.3 Å². The molecule has 0 saturated carbocycles. The van der Waals surface area contributed by atoms with Gasteiger partial charge >= 0.3 is 6.18 Å². The Morgan fingerprint density at radius 1 is 1.05 bits per heavy atom. The van der Waals surface area contributed by atoms with Crippen molar-refractivity contribution >= 4 is 5.69 Å². The quantitative estimate of drug-likeness (QED) is 0.794. The van der Waals surface area contributed by atoms with E-state index in [-0.39, 0.29) is 16.8 Å². The van der Waals surface area contributed by atoms with Gasteiger partial charge in [0.1, 0.15) is 0 Å². The van der Waals surface area contributed by atoms with Gasteiger partial charge in [0.15, 0.2) is 0 Å². The highest BCUT2D eigenvalue weighted by Crippen LogP contribution is 2.35. The molecule has 0 aliphatic rings. The summed E-state index contributed by atoms with van der Waals surface area (Å²) in [5, 5.41) is 9.01. The Morgan fingerprint density at radius 2 is 1.74 bits per heavy atom. The third-order valence-corrected chi connectivity index (χ3v) is 2.70. The van der Waals surface area contributed by atoms with Gasteiger partial charge in [-0.1, -0.05) is 18.2 Å². The van der Waals surface area contributed by atoms with E-state index in [1.165, 1.54) is 18.2 Å². The molecule has 19 heavy (non-hydrogen) atoms. The van der Waals surface area contributed by atoms with Gasteiger partial charge in [-0.05, 0) is 29.8 Å². The zero-order chi connectivity index (χ0) is 14.0. The van der Waals surface area contributed by atoms with Crippen LogP contribution in [-0.2, 0) is 6.18 Å². The second-order valence-corrected chi connectivity index (χ2v) is 3.96. The fourth-order valence-electron chi connectivity index (χ4n) is 1.84. The van der Waals surface area contributed by atoms with Gasteiger partial charge in [-0.15, -0.1) is 0 Å². The Bertz CT molecular complexity index is 654. The van der Waals surface area contributed by atoms with Crippen molar-refractivity contribution in [2.24, 2.45) is 0 Å². The van der Waals surface area contributed by atoms with Gasteiger partial charge in [0, 0.05) is 11.3 Å². The van der Waals surface area contributed by atoms with Crippen LogP contribution in [0.5, 0.6) is 0 Å². The molecule has 2 N–H and O–H groups in total. The number of nitrogens with zero attached hydrogens (tertiary/aromatic N) is 1. The number of hydrogen-bond donors (Lipinski definition) is 1. The van der Waals surface area contributed by atoms with E-state index in [1.807, 2.05) is 6.07 Å². The number of alkyl halides is 3. The number of nitrogen functional groups attached to an aromatic ring is 1. The predicted octanol–water partition coefficient (Wildman–Crippen LogP) is 3.83. The van der Waals surface area contributed by atoms with Crippen LogP contribution < -0.4 is 5.73 Å². The monoisotopic (exact) mass is 262 g/mol. The first-order valence-corrected chi connectivity index (χ1v) is 5.39. The molecule has 0 saturated heterocycles. The zero-order valence-electron chi connectivity index (χ0n) is 9.70. The molecule has 2 aromatic rings. The van der Waals surface area contributed by atoms with Crippen LogP contribution in [0.1, 0.15) is 11.1 Å². The highest BCUT2D eigenvalue weighted by Gasteiger charge is 2.30. The third kappa shape index (κ3) is 2.52. The summed E-state index contributed by atoms with van der Waals surface area (Å²) in [6, 6.07) is 11.4. The van der Waals surface area contributed by atoms with Crippen molar-refractivity contribution in [3.63, 3.8) is 0 Å². The van der Waals surface area contributed by atoms with Crippen LogP contribution in [0.4, 0.5) is 18.9 Å². The molecule has 5 heteroatoms. The van der Waals surface area contributed by atoms with Gasteiger partial charge in [-0.3, -0.25) is 0 Å². The SMILES string of the molecule is N#Cc1cccc(N)c1-c1cccc(C(F)(F)F)c1. The Hall–Kier alpha value is -2.48. The molecule has 0 fully saturated rings. The molecular weight excluding hydrogens is 253 g/mol. The highest BCUT2D eigenvalue weighted by atomic mass is 19.4. The van der Waals surface area contributed by atoms with Crippen LogP contribution in [-0.4, -0.2) is 0 Å². The molecule has 0 aliphatic carbocycles. The van der Waals surface area contributed by atoms with Crippen LogP contribution in [0.25, 0.3) is 11.1 Å². The maximum atomic E-state index is 12.7. The number of rotatable bonds is 1. The molecule has 2 aromatic carbocycles. The van der Waals surface area contributed by atoms with Crippen LogP contribution in [0.15, 0.2) is 42.5 Å². The second kappa shape index (κ2) is 4.65. The maximum absolute atomic E-state index is 12.7. The molecule has 0 spiro atoms. The van der Waals surface area contributed by atoms with Gasteiger partial charge in [-0.25, -0.2) is 0 Å². The van der Waals surface area contributed by atoms with Crippen LogP contribution >= 0.6 is 0 Å². The average molecular weight is 262 g/mol. The summed E-state index contributed by atoms with van der Waals surface area (Å²) in [5.41, 5.74) is 6.13. The normalized spacial score (nSPS) is 11.1. The number of anilines is 1. The van der Waals surface area contributed by atoms with Gasteiger partial charge in [-0.2, -0.15) is 18.4 Å². The lowest BCUT2D eigenvalue weighted by molar-refractivity contribution is -0.137. The molecule has 0 radical (unpaired) electrons. The minimum Gasteiger partial charge on any atom is -0.398 e. The first-order chi connectivity index (χ1) is 8.93. The highest BCUT2D eigenvalue weighted by molar-refractivity contribution is 5.81. The lowest BCUT2D eigenvalue weighted by Crippen LogP contribution is -2.05. The van der Waals surface area contributed by atoms with E-state index in [1.54, 1.807) is 12.1 Å². The van der Waals surface area contributed by atoms with Gasteiger partial charge in [0.2, 0.25) is 0 Å². The van der Waals surface area contributed by atoms with Crippen molar-refractivity contribution in [3.8, 4) is 17.2 Å². The summed E-state index contributed by atoms with van der Waals surface area (Å²) in [4.78, 5) is 0. The van der Waals surface area contributed by atoms with Gasteiger partial charge in [0.05, 0.1) is 17.2 Å². The molecule has 0 heterocycles. The van der Waals surface area contributed by atoms with Crippen molar-refractivity contribution in [3.05, 3.63) is 53.6 Å². The maximum Gasteiger partial charge on any atom is 0.416 e. The van der Waals surface area contributed by atoms with E-state index in [0.29, 0.717) is 5.56 Å². The van der Waals surface area contributed by atoms with Crippen molar-refractivity contribution in [2.45, 2.75) is 6.18 Å². The van der Waals surface area contributed by atoms with Crippen LogP contribution in [0.3, 0.4) is 0 Å². The molecule has 0 aliphatic heterocycles. The Morgan fingerprint density at radius 3 is 2.37 bits per heavy atom. The van der Waals surface area contributed by atoms with Crippen molar-refractivity contribution in [1.29, 1.82) is 5.26 Å². The Kier molecular flexibility index (Phi) is 3.17. The first-order valence-electron chi connectivity index (χ1n) is 5.39. The molecule has 0 aromatic heterocycles. The second-order valence-electron chi connectivity index (χ2n) is 3.96. The lowest BCUT2D eigenvalue weighted by Gasteiger charge is -2.11. The number of nitrogens with two attached hydrogens (primary N) is 1. The molecule has 0 unspecified atom stereocenters. The van der Waals surface area contributed by atoms with E-state index in [2.05, 4.69) is 0 Å². The van der Waals surface area contributed by atoms with Crippen molar-refractivity contribution in [2.75, 3.05) is 5.73 Å². The topological polar surface area (TPSA) is 49.8 Å². The molecule has 2 rings (SSSR count). The Labute approximate surface area is 107 Å². The summed E-state index contributed by atoms with van der Waals surface area (Å²) in [5.74, 6) is 0. The molecule has 2 nitrogen and oxygen atoms in total. The van der Waals surface area contributed by atoms with E-state index < -0.39 is 11.7 Å². The summed E-state index contributed by atoms with van der Waals surface area (Å²) >= 11 is 0. The standard InChI is InChI=1S/C14H9F3N2/c15-14(16,17)11-5-1-3-9(7-11)13-10(8-18)4-2-6-12(13)19/h1-7H,19H2. The molecular formula is C14H9F3N2. The van der Waals surface area contributed by atoms with Gasteiger partial charge < -0.3 is 5.73 Å². The molecule has 0 bridgehead atoms. The number of hydrogen-bond acceptors (Lipinski definition) is 2. The van der Waals surface area contributed by atoms with E-state index >= 15 is 0 Å². The fraction of sp³-hybridized carbons (Fsp3) is 0.0714. The van der Waals surface area contributed by atoms with E-state index in [9.17, 15) is 13.2 Å². The number of halogens is 3. The van der Waals surface area contributed by atoms with E-state index in [4.69, 9.17) is 11.0 Å². The predicted molar refractivity (Wildman–Crippen MR) is 66.0 cm³/mol. The molecule has 0 atom stereocenters. The largest absolute Gasteiger partial charge is 0.416 e. The number of nitriles is 1. The van der Waals surface area contributed by atoms with Gasteiger partial charge in [0.25, 0.3) is 0 Å². The average Bonchev–Trinajstić information content (AvgIpc) is 2.37. The summed E-state index contributed by atoms with van der Waals surface area (Å²) in [7, 11) is 0. The third-order valence-electron chi connectivity index (χ3n) is 2.70. The lowest BCUT2D eigenvalue weighted by atomic mass is 9.97. The summed E-state index contributed by atoms with van der Waals surface area (Å²) < 4.78 is 38.0. The molecule has 0 amide bonds. The first kappa shape index (κ1) is 13.0. The summed E-state index contributed by atoms with van der Waals surface area (Å²) in [6.45, 7) is 0. The molecule has 96 valence electrons. The van der Waals surface area contributed by atoms with Crippen molar-refractivity contribution < 1.29 is 13.2 Å². The minimum absolute atomic E-state index is 0.249. The minimum atomic E-state index is -4.42. The summed E-state index contributed by atoms with van der Waals surface area (Å²) in [6.07, 6.45) is -4.42. The Balaban J connectivity index is 2.64. The number of benzene rings is 2. The van der Waals surface area contributed by atoms with Crippen LogP contribution in [0.2, 0.25) is 0 Å². The van der Waals surface area contributed by atoms with Crippen molar-refractivity contribution in [1.82, 2.24) is 0 Å². The zero-order valence-corrected chi connectivity index (χ0v) is 9.70. The van der Waals surface area contributed by atoms with E-state index in [0.717, 1.165) is 12.1 Å².